The lowest BCUT2D eigenvalue weighted by molar-refractivity contribution is -0.117. The van der Waals surface area contributed by atoms with Crippen LogP contribution in [-0.4, -0.2) is 63.5 Å². The highest BCUT2D eigenvalue weighted by Gasteiger charge is 2.21. The first-order valence-electron chi connectivity index (χ1n) is 38.1. The lowest BCUT2D eigenvalue weighted by Gasteiger charge is -2.11. The molecule has 0 aliphatic carbocycles. The number of hydrogen-bond acceptors (Lipinski definition) is 20. The first-order valence-corrected chi connectivity index (χ1v) is 41.6. The first kappa shape index (κ1) is 81.0. The summed E-state index contributed by atoms with van der Waals surface area (Å²) in [5.74, 6) is 1.48. The van der Waals surface area contributed by atoms with E-state index in [2.05, 4.69) is 59.4 Å². The maximum atomic E-state index is 12.8. The van der Waals surface area contributed by atoms with E-state index in [1.165, 1.54) is 5.56 Å². The summed E-state index contributed by atoms with van der Waals surface area (Å²) in [6.07, 6.45) is 10.4. The standard InChI is InChI=1S/C26H20N4OS.C24H22N4OS.C23H20N4OS.C22H18N4OS/c27-21-11-9-19(10-12-21)22-16-28-26(25(29-22)23-6-3-13-32-23)30-24(31)15-17-7-8-18-4-1-2-5-20(18)14-17;25-19-13-11-18(12-14-19)20-16-26-24(23(27-20)21-9-5-15-30-21)28-22(29)10-4-8-17-6-2-1-3-7-17;24-18-11-9-17(10-12-18)19-15-25-23(22(26-19)20-7-4-14-29-20)27-21(28)13-8-16-5-2-1-3-6-16;23-17-10-8-16(9-11-17)18-14-24-22(21(25-18)19-7-4-12-28-19)26-20(27)13-15-5-2-1-3-6-15/h1-14,16H,15,27H2,(H,28,30,31);1-3,5-7,9,11-16H,4,8,10,25H2,(H,26,28,29);1-7,9-12,14-15H,8,13,24H2,(H,25,27,28);1-12,14H,13,23H2,(H,24,26,27). The van der Waals surface area contributed by atoms with E-state index < -0.39 is 0 Å². The lowest BCUT2D eigenvalue weighted by atomic mass is 10.0. The van der Waals surface area contributed by atoms with Crippen molar-refractivity contribution in [1.29, 1.82) is 0 Å². The molecule has 12 N–H and O–H groups in total. The number of fused-ring (bicyclic) bond motifs is 1. The minimum Gasteiger partial charge on any atom is -0.399 e. The Bertz CT molecular complexity index is 6190. The van der Waals surface area contributed by atoms with Crippen molar-refractivity contribution in [2.45, 2.75) is 44.9 Å². The molecule has 0 aliphatic rings. The van der Waals surface area contributed by atoms with Gasteiger partial charge in [0.1, 0.15) is 22.8 Å². The summed E-state index contributed by atoms with van der Waals surface area (Å²) in [6.45, 7) is 0. The van der Waals surface area contributed by atoms with Crippen molar-refractivity contribution in [3.63, 3.8) is 0 Å². The Hall–Kier alpha value is -14.6. The number of anilines is 8. The number of aromatic nitrogens is 8. The highest BCUT2D eigenvalue weighted by molar-refractivity contribution is 7.14. The average Bonchev–Trinajstić information content (AvgIpc) is 1.80. The number of amides is 4. The molecule has 0 atom stereocenters. The van der Waals surface area contributed by atoms with E-state index in [1.54, 1.807) is 70.1 Å². The van der Waals surface area contributed by atoms with Crippen LogP contribution in [0.3, 0.4) is 0 Å². The van der Waals surface area contributed by atoms with Crippen LogP contribution in [0.2, 0.25) is 0 Å². The summed E-state index contributed by atoms with van der Waals surface area (Å²) in [7, 11) is 0. The fourth-order valence-electron chi connectivity index (χ4n) is 12.5. The van der Waals surface area contributed by atoms with Crippen LogP contribution >= 0.6 is 45.3 Å². The second-order valence-electron chi connectivity index (χ2n) is 27.2. The van der Waals surface area contributed by atoms with Crippen molar-refractivity contribution in [2.24, 2.45) is 0 Å². The zero-order valence-corrected chi connectivity index (χ0v) is 67.5. The van der Waals surface area contributed by atoms with Gasteiger partial charge in [0.2, 0.25) is 23.6 Å². The molecule has 0 spiro atoms. The van der Waals surface area contributed by atoms with E-state index >= 15 is 0 Å². The summed E-state index contributed by atoms with van der Waals surface area (Å²) < 4.78 is 0. The van der Waals surface area contributed by atoms with E-state index in [1.807, 2.05) is 282 Å². The van der Waals surface area contributed by atoms with Gasteiger partial charge in [-0.15, -0.1) is 45.3 Å². The Labute approximate surface area is 704 Å². The van der Waals surface area contributed by atoms with Crippen LogP contribution in [0.5, 0.6) is 0 Å². The molecule has 4 amide bonds. The number of hydrogen-bond donors (Lipinski definition) is 8. The van der Waals surface area contributed by atoms with Crippen molar-refractivity contribution in [3.05, 3.63) is 348 Å². The van der Waals surface area contributed by atoms with E-state index in [9.17, 15) is 19.2 Å². The maximum absolute atomic E-state index is 12.8. The van der Waals surface area contributed by atoms with Crippen LogP contribution in [0.25, 0.3) is 98.1 Å². The van der Waals surface area contributed by atoms with E-state index in [4.69, 9.17) is 42.9 Å². The van der Waals surface area contributed by atoms with Gasteiger partial charge in [0.05, 0.1) is 79.9 Å². The van der Waals surface area contributed by atoms with Gasteiger partial charge in [0.15, 0.2) is 23.3 Å². The molecule has 0 unspecified atom stereocenters. The van der Waals surface area contributed by atoms with Crippen LogP contribution in [0.15, 0.2) is 325 Å². The van der Waals surface area contributed by atoms with Gasteiger partial charge < -0.3 is 44.2 Å². The van der Waals surface area contributed by atoms with Crippen LogP contribution in [-0.2, 0) is 44.9 Å². The van der Waals surface area contributed by atoms with Crippen molar-refractivity contribution >= 4 is 126 Å². The Morgan fingerprint density at radius 2 is 0.580 bits per heavy atom. The molecule has 119 heavy (non-hydrogen) atoms. The third-order valence-corrected chi connectivity index (χ3v) is 22.1. The third-order valence-electron chi connectivity index (χ3n) is 18.5. The number of benzene rings is 9. The molecule has 17 rings (SSSR count). The average molecular weight is 1640 g/mol. The summed E-state index contributed by atoms with van der Waals surface area (Å²) >= 11 is 6.23. The summed E-state index contributed by atoms with van der Waals surface area (Å²) in [4.78, 5) is 91.4. The highest BCUT2D eigenvalue weighted by Crippen LogP contribution is 2.37. The third kappa shape index (κ3) is 22.7. The van der Waals surface area contributed by atoms with Gasteiger partial charge in [-0.05, 0) is 147 Å². The molecule has 8 heterocycles. The molecule has 0 fully saturated rings. The minimum atomic E-state index is -0.132. The molecule has 0 aliphatic heterocycles. The van der Waals surface area contributed by atoms with Crippen LogP contribution in [0, 0.1) is 0 Å². The quantitative estimate of drug-likeness (QED) is 0.0276. The second kappa shape index (κ2) is 40.1. The molecule has 24 heteroatoms. The molecular formula is C95H80N16O4S4. The van der Waals surface area contributed by atoms with Crippen molar-refractivity contribution < 1.29 is 19.2 Å². The Morgan fingerprint density at radius 1 is 0.277 bits per heavy atom. The normalized spacial score (nSPS) is 10.7. The van der Waals surface area contributed by atoms with Crippen molar-refractivity contribution in [2.75, 3.05) is 44.2 Å². The Balaban J connectivity index is 0.000000130. The second-order valence-corrected chi connectivity index (χ2v) is 31.0. The minimum absolute atomic E-state index is 0.0572. The van der Waals surface area contributed by atoms with Gasteiger partial charge >= 0.3 is 0 Å². The summed E-state index contributed by atoms with van der Waals surface area (Å²) in [6, 6.07) is 89.6. The predicted molar refractivity (Wildman–Crippen MR) is 487 cm³/mol. The van der Waals surface area contributed by atoms with Crippen molar-refractivity contribution in [3.8, 4) is 87.3 Å². The number of rotatable bonds is 23. The molecule has 588 valence electrons. The number of carbonyl (C=O) groups excluding carboxylic acids is 4. The Kier molecular flexibility index (Phi) is 27.3. The van der Waals surface area contributed by atoms with Crippen LogP contribution in [0.4, 0.5) is 46.0 Å². The fraction of sp³-hybridized carbons (Fsp3) is 0.0737. The SMILES string of the molecule is Nc1ccc(-c2cnc(NC(=O)CCCc3ccccc3)c(-c3cccs3)n2)cc1.Nc1ccc(-c2cnc(NC(=O)CCc3ccccc3)c(-c3cccs3)n2)cc1.Nc1ccc(-c2cnc(NC(=O)Cc3ccc4ccccc4c3)c(-c3cccs3)n2)cc1.Nc1ccc(-c2cnc(NC(=O)Cc3ccccc3)c(-c3cccs3)n2)cc1. The largest absolute Gasteiger partial charge is 0.399 e. The summed E-state index contributed by atoms with van der Waals surface area (Å²) in [5, 5.41) is 21.9. The van der Waals surface area contributed by atoms with Crippen LogP contribution < -0.4 is 44.2 Å². The number of nitrogen functional groups attached to an aromatic ring is 4. The fourth-order valence-corrected chi connectivity index (χ4v) is 15.4. The van der Waals surface area contributed by atoms with E-state index in [0.717, 1.165) is 105 Å². The smallest absolute Gasteiger partial charge is 0.230 e. The number of carbonyl (C=O) groups is 4. The van der Waals surface area contributed by atoms with Crippen molar-refractivity contribution in [1.82, 2.24) is 39.9 Å². The molecular weight excluding hydrogens is 1560 g/mol. The van der Waals surface area contributed by atoms with Gasteiger partial charge in [0.25, 0.3) is 0 Å². The molecule has 0 radical (unpaired) electrons. The molecule has 20 nitrogen and oxygen atoms in total. The lowest BCUT2D eigenvalue weighted by Crippen LogP contribution is -2.16. The molecule has 8 aromatic heterocycles. The van der Waals surface area contributed by atoms with Gasteiger partial charge in [-0.1, -0.05) is 206 Å². The number of aryl methyl sites for hydroxylation is 2. The zero-order chi connectivity index (χ0) is 82.1. The van der Waals surface area contributed by atoms with Gasteiger partial charge in [-0.25, -0.2) is 39.9 Å². The van der Waals surface area contributed by atoms with Crippen LogP contribution in [0.1, 0.15) is 41.5 Å². The predicted octanol–water partition coefficient (Wildman–Crippen LogP) is 20.9. The molecule has 0 saturated heterocycles. The molecule has 0 bridgehead atoms. The number of nitrogens with zero attached hydrogens (tertiary/aromatic N) is 8. The first-order chi connectivity index (χ1) is 58.2. The molecule has 0 saturated carbocycles. The molecule has 17 aromatic rings. The van der Waals surface area contributed by atoms with Gasteiger partial charge in [-0.3, -0.25) is 19.2 Å². The zero-order valence-electron chi connectivity index (χ0n) is 64.3. The van der Waals surface area contributed by atoms with E-state index in [-0.39, 0.29) is 36.5 Å². The van der Waals surface area contributed by atoms with E-state index in [0.29, 0.717) is 88.1 Å². The highest BCUT2D eigenvalue weighted by atomic mass is 32.1. The molecule has 9 aromatic carbocycles. The Morgan fingerprint density at radius 3 is 0.924 bits per heavy atom. The number of nitrogens with two attached hydrogens (primary N) is 4. The topological polar surface area (TPSA) is 324 Å². The number of thiophene rings is 4. The number of nitrogens with one attached hydrogen (secondary N) is 4. The monoisotopic (exact) mass is 1640 g/mol. The van der Waals surface area contributed by atoms with Gasteiger partial charge in [0, 0.05) is 57.8 Å². The summed E-state index contributed by atoms with van der Waals surface area (Å²) in [5.41, 5.74) is 39.4. The van der Waals surface area contributed by atoms with Gasteiger partial charge in [-0.2, -0.15) is 0 Å². The maximum Gasteiger partial charge on any atom is 0.230 e.